The van der Waals surface area contributed by atoms with Gasteiger partial charge in [-0.15, -0.1) is 0 Å². The fraction of sp³-hybridized carbons (Fsp3) is 0.348. The standard InChI is InChI=1S/C23H26N2O8/c1-31-25-12-4-8-19(29)24-11-3-6-15-13-18(28)22-21(33-22)17(27)10-9-14-5-2-7-16(26)20(14)23(30)32-15/h2-5,7-12,15,17-18,21-22,26-28H,6,13H2,1H3,(H,24,29)/b8-4+,10-9+,11-3+,25-12+. The molecular weight excluding hydrogens is 432 g/mol. The highest BCUT2D eigenvalue weighted by atomic mass is 16.6. The lowest BCUT2D eigenvalue weighted by molar-refractivity contribution is -0.115. The number of oxime groups is 1. The number of aromatic hydroxyl groups is 1. The molecule has 1 saturated heterocycles. The minimum Gasteiger partial charge on any atom is -0.507 e. The molecule has 0 radical (unpaired) electrons. The number of aliphatic hydroxyl groups is 2. The molecule has 0 spiro atoms. The Kier molecular flexibility index (Phi) is 8.36. The molecule has 10 heteroatoms. The maximum atomic E-state index is 12.8. The minimum absolute atomic E-state index is 0.0396. The van der Waals surface area contributed by atoms with Crippen LogP contribution in [0.1, 0.15) is 28.8 Å². The van der Waals surface area contributed by atoms with Crippen LogP contribution in [0.2, 0.25) is 0 Å². The molecule has 1 amide bonds. The fourth-order valence-corrected chi connectivity index (χ4v) is 3.39. The number of phenolic OH excluding ortho intramolecular Hbond substituents is 1. The van der Waals surface area contributed by atoms with Gasteiger partial charge < -0.3 is 34.9 Å². The number of carbonyl (C=O) groups excluding carboxylic acids is 2. The van der Waals surface area contributed by atoms with E-state index in [9.17, 15) is 24.9 Å². The van der Waals surface area contributed by atoms with Gasteiger partial charge in [-0.3, -0.25) is 4.79 Å². The Morgan fingerprint density at radius 2 is 2.15 bits per heavy atom. The molecule has 2 heterocycles. The number of allylic oxidation sites excluding steroid dienone is 1. The van der Waals surface area contributed by atoms with Gasteiger partial charge in [0.15, 0.2) is 0 Å². The van der Waals surface area contributed by atoms with Gasteiger partial charge in [0.25, 0.3) is 0 Å². The lowest BCUT2D eigenvalue weighted by atomic mass is 10.00. The zero-order valence-electron chi connectivity index (χ0n) is 17.9. The zero-order chi connectivity index (χ0) is 23.8. The number of hydrogen-bond donors (Lipinski definition) is 4. The van der Waals surface area contributed by atoms with Crippen LogP contribution in [0.25, 0.3) is 6.08 Å². The summed E-state index contributed by atoms with van der Waals surface area (Å²) < 4.78 is 11.0. The van der Waals surface area contributed by atoms with E-state index in [0.717, 1.165) is 0 Å². The molecule has 4 N–H and O–H groups in total. The normalized spacial score (nSPS) is 28.5. The minimum atomic E-state index is -0.981. The molecule has 33 heavy (non-hydrogen) atoms. The van der Waals surface area contributed by atoms with E-state index in [-0.39, 0.29) is 24.2 Å². The topological polar surface area (TPSA) is 150 Å². The smallest absolute Gasteiger partial charge is 0.342 e. The number of carbonyl (C=O) groups is 2. The van der Waals surface area contributed by atoms with Gasteiger partial charge in [0.1, 0.15) is 42.8 Å². The first-order valence-electron chi connectivity index (χ1n) is 10.3. The number of nitrogens with one attached hydrogen (secondary N) is 1. The van der Waals surface area contributed by atoms with Gasteiger partial charge >= 0.3 is 5.97 Å². The number of cyclic esters (lactones) is 1. The van der Waals surface area contributed by atoms with E-state index in [4.69, 9.17) is 9.47 Å². The predicted octanol–water partition coefficient (Wildman–Crippen LogP) is 1.03. The lowest BCUT2D eigenvalue weighted by Gasteiger charge is -2.20. The van der Waals surface area contributed by atoms with E-state index in [1.807, 2.05) is 0 Å². The van der Waals surface area contributed by atoms with Crippen molar-refractivity contribution in [3.8, 4) is 5.75 Å². The van der Waals surface area contributed by atoms with Crippen LogP contribution in [0.15, 0.2) is 53.9 Å². The van der Waals surface area contributed by atoms with Gasteiger partial charge in [-0.25, -0.2) is 4.79 Å². The highest BCUT2D eigenvalue weighted by Crippen LogP contribution is 2.33. The number of aliphatic hydroxyl groups excluding tert-OH is 2. The molecule has 1 aromatic carbocycles. The molecule has 2 aliphatic heterocycles. The summed E-state index contributed by atoms with van der Waals surface area (Å²) in [5.41, 5.74) is 0.331. The second-order valence-electron chi connectivity index (χ2n) is 7.43. The highest BCUT2D eigenvalue weighted by molar-refractivity contribution is 5.96. The summed E-state index contributed by atoms with van der Waals surface area (Å²) in [6, 6.07) is 4.55. The van der Waals surface area contributed by atoms with Crippen molar-refractivity contribution in [3.63, 3.8) is 0 Å². The number of amides is 1. The van der Waals surface area contributed by atoms with Crippen molar-refractivity contribution in [2.24, 2.45) is 5.16 Å². The number of fused-ring (bicyclic) bond motifs is 2. The van der Waals surface area contributed by atoms with Gasteiger partial charge in [-0.1, -0.05) is 35.5 Å². The van der Waals surface area contributed by atoms with Crippen molar-refractivity contribution in [2.45, 2.75) is 43.4 Å². The molecule has 0 bridgehead atoms. The van der Waals surface area contributed by atoms with E-state index in [2.05, 4.69) is 15.3 Å². The number of ether oxygens (including phenoxy) is 2. The van der Waals surface area contributed by atoms with Gasteiger partial charge in [-0.05, 0) is 17.7 Å². The number of nitrogens with zero attached hydrogens (tertiary/aromatic N) is 1. The molecule has 0 aliphatic carbocycles. The first-order valence-corrected chi connectivity index (χ1v) is 10.3. The summed E-state index contributed by atoms with van der Waals surface area (Å²) in [6.45, 7) is 0. The van der Waals surface area contributed by atoms with Crippen molar-refractivity contribution in [1.29, 1.82) is 0 Å². The molecular formula is C23H26N2O8. The Balaban J connectivity index is 1.72. The van der Waals surface area contributed by atoms with E-state index >= 15 is 0 Å². The monoisotopic (exact) mass is 458 g/mol. The van der Waals surface area contributed by atoms with Crippen LogP contribution in [-0.4, -0.2) is 71.0 Å². The third-order valence-electron chi connectivity index (χ3n) is 5.05. The van der Waals surface area contributed by atoms with Gasteiger partial charge in [0.2, 0.25) is 5.91 Å². The van der Waals surface area contributed by atoms with Crippen LogP contribution in [0, 0.1) is 0 Å². The largest absolute Gasteiger partial charge is 0.507 e. The maximum absolute atomic E-state index is 12.8. The van der Waals surface area contributed by atoms with Crippen molar-refractivity contribution in [2.75, 3.05) is 7.11 Å². The van der Waals surface area contributed by atoms with E-state index in [1.54, 1.807) is 18.2 Å². The highest BCUT2D eigenvalue weighted by Gasteiger charge is 2.48. The molecule has 3 rings (SSSR count). The second kappa shape index (κ2) is 11.4. The van der Waals surface area contributed by atoms with E-state index in [1.165, 1.54) is 49.9 Å². The van der Waals surface area contributed by atoms with Gasteiger partial charge in [0, 0.05) is 25.1 Å². The van der Waals surface area contributed by atoms with Crippen LogP contribution < -0.4 is 5.32 Å². The van der Waals surface area contributed by atoms with Crippen LogP contribution in [0.3, 0.4) is 0 Å². The van der Waals surface area contributed by atoms with Crippen molar-refractivity contribution in [3.05, 3.63) is 59.8 Å². The summed E-state index contributed by atoms with van der Waals surface area (Å²) in [5, 5.41) is 37.0. The maximum Gasteiger partial charge on any atom is 0.342 e. The number of esters is 1. The van der Waals surface area contributed by atoms with E-state index in [0.29, 0.717) is 5.56 Å². The fourth-order valence-electron chi connectivity index (χ4n) is 3.39. The van der Waals surface area contributed by atoms with Gasteiger partial charge in [0.05, 0.1) is 12.3 Å². The number of phenols is 1. The molecule has 1 aromatic rings. The third-order valence-corrected chi connectivity index (χ3v) is 5.05. The Hall–Kier alpha value is -3.47. The molecule has 176 valence electrons. The summed E-state index contributed by atoms with van der Waals surface area (Å²) in [7, 11) is 1.38. The van der Waals surface area contributed by atoms with E-state index < -0.39 is 42.4 Å². The lowest BCUT2D eigenvalue weighted by Crippen LogP contribution is -2.30. The van der Waals surface area contributed by atoms with Crippen LogP contribution in [0.5, 0.6) is 5.75 Å². The molecule has 10 nitrogen and oxygen atoms in total. The van der Waals surface area contributed by atoms with Crippen molar-refractivity contribution in [1.82, 2.24) is 5.32 Å². The summed E-state index contributed by atoms with van der Waals surface area (Å²) in [4.78, 5) is 29.0. The van der Waals surface area contributed by atoms with Crippen LogP contribution in [-0.2, 0) is 19.1 Å². The molecule has 5 unspecified atom stereocenters. The Bertz CT molecular complexity index is 971. The Morgan fingerprint density at radius 1 is 1.33 bits per heavy atom. The molecule has 5 atom stereocenters. The summed E-state index contributed by atoms with van der Waals surface area (Å²) >= 11 is 0. The molecule has 0 saturated carbocycles. The SMILES string of the molecule is CO/N=C/C=C/C(=O)N/C=C/CC1CC(O)C2OC2C(O)/C=C/c2cccc(O)c2C(=O)O1. The first-order chi connectivity index (χ1) is 15.9. The van der Waals surface area contributed by atoms with Gasteiger partial charge in [-0.2, -0.15) is 0 Å². The number of epoxide rings is 1. The quantitative estimate of drug-likeness (QED) is 0.162. The second-order valence-corrected chi connectivity index (χ2v) is 7.43. The average Bonchev–Trinajstić information content (AvgIpc) is 3.58. The third kappa shape index (κ3) is 6.75. The molecule has 1 fully saturated rings. The summed E-state index contributed by atoms with van der Waals surface area (Å²) in [6.07, 6.45) is 6.20. The Labute approximate surface area is 190 Å². The number of benzene rings is 1. The Morgan fingerprint density at radius 3 is 2.94 bits per heavy atom. The number of hydrogen-bond acceptors (Lipinski definition) is 9. The zero-order valence-corrected chi connectivity index (χ0v) is 17.9. The van der Waals surface area contributed by atoms with Crippen LogP contribution in [0.4, 0.5) is 0 Å². The summed E-state index contributed by atoms with van der Waals surface area (Å²) in [5.74, 6) is -1.44. The predicted molar refractivity (Wildman–Crippen MR) is 118 cm³/mol. The first kappa shape index (κ1) is 24.2. The molecule has 0 aromatic heterocycles. The average molecular weight is 458 g/mol. The molecule has 2 aliphatic rings. The van der Waals surface area contributed by atoms with Crippen LogP contribution >= 0.6 is 0 Å². The van der Waals surface area contributed by atoms with Crippen molar-refractivity contribution < 1.29 is 39.2 Å². The number of rotatable bonds is 6. The van der Waals surface area contributed by atoms with Crippen molar-refractivity contribution >= 4 is 24.2 Å².